The fourth-order valence-corrected chi connectivity index (χ4v) is 4.00. The van der Waals surface area contributed by atoms with E-state index in [1.165, 1.54) is 0 Å². The number of para-hydroxylation sites is 1. The summed E-state index contributed by atoms with van der Waals surface area (Å²) in [5.74, 6) is 2.44. The van der Waals surface area contributed by atoms with E-state index in [4.69, 9.17) is 49.6 Å². The van der Waals surface area contributed by atoms with Crippen molar-refractivity contribution in [2.24, 2.45) is 0 Å². The lowest BCUT2D eigenvalue weighted by atomic mass is 10.2. The Bertz CT molecular complexity index is 1360. The summed E-state index contributed by atoms with van der Waals surface area (Å²) in [7, 11) is 1.61. The number of nitrogens with one attached hydrogen (secondary N) is 2. The van der Waals surface area contributed by atoms with E-state index in [1.54, 1.807) is 17.9 Å². The molecule has 4 rings (SSSR count). The van der Waals surface area contributed by atoms with Crippen LogP contribution in [0.3, 0.4) is 0 Å². The Morgan fingerprint density at radius 2 is 1.74 bits per heavy atom. The predicted octanol–water partition coefficient (Wildman–Crippen LogP) is 6.64. The lowest BCUT2D eigenvalue weighted by Gasteiger charge is -2.16. The Hall–Kier alpha value is -3.20. The van der Waals surface area contributed by atoms with Gasteiger partial charge >= 0.3 is 0 Å². The average molecular weight is 531 g/mol. The van der Waals surface area contributed by atoms with Gasteiger partial charge in [0.15, 0.2) is 17.3 Å². The molecule has 0 bridgehead atoms. The minimum atomic E-state index is 0.359. The van der Waals surface area contributed by atoms with Gasteiger partial charge in [-0.2, -0.15) is 5.10 Å². The van der Waals surface area contributed by atoms with E-state index < -0.39 is 0 Å². The number of rotatable bonds is 10. The van der Waals surface area contributed by atoms with Gasteiger partial charge in [-0.25, -0.2) is 9.77 Å². The zero-order chi connectivity index (χ0) is 24.8. The first-order valence-corrected chi connectivity index (χ1v) is 12.0. The Morgan fingerprint density at radius 3 is 2.49 bits per heavy atom. The van der Waals surface area contributed by atoms with Crippen LogP contribution >= 0.6 is 35.4 Å². The lowest BCUT2D eigenvalue weighted by molar-refractivity contribution is 0.269. The van der Waals surface area contributed by atoms with Crippen LogP contribution in [-0.4, -0.2) is 28.6 Å². The van der Waals surface area contributed by atoms with E-state index >= 15 is 0 Å². The lowest BCUT2D eigenvalue weighted by Crippen LogP contribution is -2.16. The predicted molar refractivity (Wildman–Crippen MR) is 141 cm³/mol. The van der Waals surface area contributed by atoms with Gasteiger partial charge < -0.3 is 19.6 Å². The second kappa shape index (κ2) is 11.5. The van der Waals surface area contributed by atoms with Gasteiger partial charge in [0.05, 0.1) is 25.8 Å². The molecular weight excluding hydrogens is 507 g/mol. The molecule has 1 aromatic heterocycles. The van der Waals surface area contributed by atoms with Gasteiger partial charge in [-0.15, -0.1) is 0 Å². The highest BCUT2D eigenvalue weighted by atomic mass is 35.5. The first-order valence-electron chi connectivity index (χ1n) is 10.9. The molecule has 4 aromatic rings. The van der Waals surface area contributed by atoms with Crippen LogP contribution in [0.1, 0.15) is 18.1 Å². The number of hydrogen-bond acceptors (Lipinski definition) is 6. The number of aromatic nitrogens is 3. The second-order valence-corrected chi connectivity index (χ2v) is 8.69. The summed E-state index contributed by atoms with van der Waals surface area (Å²) in [5.41, 5.74) is 5.88. The van der Waals surface area contributed by atoms with Gasteiger partial charge in [-0.3, -0.25) is 0 Å². The van der Waals surface area contributed by atoms with Crippen molar-refractivity contribution in [1.29, 1.82) is 0 Å². The van der Waals surface area contributed by atoms with E-state index in [0.29, 0.717) is 57.6 Å². The van der Waals surface area contributed by atoms with E-state index in [9.17, 15) is 0 Å². The van der Waals surface area contributed by atoms with Crippen molar-refractivity contribution in [3.05, 3.63) is 86.6 Å². The molecule has 0 aliphatic rings. The number of nitrogens with zero attached hydrogens (tertiary/aromatic N) is 2. The topological polar surface area (TPSA) is 73.3 Å². The largest absolute Gasteiger partial charge is 0.496 e. The van der Waals surface area contributed by atoms with Crippen LogP contribution in [0, 0.1) is 4.77 Å². The first kappa shape index (κ1) is 24.9. The maximum absolute atomic E-state index is 6.62. The van der Waals surface area contributed by atoms with Crippen molar-refractivity contribution in [2.75, 3.05) is 19.1 Å². The molecule has 0 aliphatic heterocycles. The third kappa shape index (κ3) is 5.90. The zero-order valence-electron chi connectivity index (χ0n) is 19.2. The van der Waals surface area contributed by atoms with E-state index in [1.807, 2.05) is 61.5 Å². The quantitative estimate of drug-likeness (QED) is 0.224. The molecule has 3 aromatic carbocycles. The summed E-state index contributed by atoms with van der Waals surface area (Å²) in [5, 5.41) is 8.40. The third-order valence-corrected chi connectivity index (χ3v) is 6.05. The van der Waals surface area contributed by atoms with E-state index in [-0.39, 0.29) is 0 Å². The highest BCUT2D eigenvalue weighted by molar-refractivity contribution is 7.71. The van der Waals surface area contributed by atoms with Gasteiger partial charge in [-0.05, 0) is 60.6 Å². The molecule has 0 aliphatic carbocycles. The first-order chi connectivity index (χ1) is 17.0. The van der Waals surface area contributed by atoms with Crippen LogP contribution in [-0.2, 0) is 13.2 Å². The summed E-state index contributed by atoms with van der Waals surface area (Å²) in [6, 6.07) is 18.7. The van der Waals surface area contributed by atoms with Crippen LogP contribution < -0.4 is 19.6 Å². The highest BCUT2D eigenvalue weighted by Gasteiger charge is 2.15. The zero-order valence-corrected chi connectivity index (χ0v) is 21.5. The minimum absolute atomic E-state index is 0.359. The molecule has 0 spiro atoms. The van der Waals surface area contributed by atoms with Crippen molar-refractivity contribution >= 4 is 35.4 Å². The summed E-state index contributed by atoms with van der Waals surface area (Å²) in [4.78, 5) is 0. The summed E-state index contributed by atoms with van der Waals surface area (Å²) >= 11 is 18.0. The Morgan fingerprint density at radius 1 is 1.00 bits per heavy atom. The Kier molecular flexibility index (Phi) is 8.17. The fourth-order valence-electron chi connectivity index (χ4n) is 3.45. The summed E-state index contributed by atoms with van der Waals surface area (Å²) < 4.78 is 19.4. The molecule has 7 nitrogen and oxygen atoms in total. The SMILES string of the molecule is CCOc1cc(CNn2c(-c3ccccc3OC)n[nH]c2=S)c(Cl)cc1OCc1ccc(Cl)cc1. The number of halogens is 2. The van der Waals surface area contributed by atoms with Crippen molar-refractivity contribution in [2.45, 2.75) is 20.1 Å². The summed E-state index contributed by atoms with van der Waals surface area (Å²) in [6.45, 7) is 3.13. The van der Waals surface area contributed by atoms with Crippen molar-refractivity contribution < 1.29 is 14.2 Å². The van der Waals surface area contributed by atoms with Crippen LogP contribution in [0.25, 0.3) is 11.4 Å². The molecule has 0 saturated heterocycles. The molecule has 2 N–H and O–H groups in total. The molecule has 1 heterocycles. The molecule has 0 atom stereocenters. The highest BCUT2D eigenvalue weighted by Crippen LogP contribution is 2.35. The molecular formula is C25H24Cl2N4O3S. The molecule has 35 heavy (non-hydrogen) atoms. The molecule has 10 heteroatoms. The maximum Gasteiger partial charge on any atom is 0.214 e. The van der Waals surface area contributed by atoms with Crippen molar-refractivity contribution in [1.82, 2.24) is 14.9 Å². The molecule has 0 amide bonds. The number of methoxy groups -OCH3 is 1. The van der Waals surface area contributed by atoms with Crippen LogP contribution in [0.5, 0.6) is 17.2 Å². The number of aromatic amines is 1. The normalized spacial score (nSPS) is 10.7. The smallest absolute Gasteiger partial charge is 0.214 e. The summed E-state index contributed by atoms with van der Waals surface area (Å²) in [6.07, 6.45) is 0. The number of hydrogen-bond donors (Lipinski definition) is 2. The number of H-pyrrole nitrogens is 1. The van der Waals surface area contributed by atoms with E-state index in [0.717, 1.165) is 16.7 Å². The molecule has 0 saturated carbocycles. The molecule has 182 valence electrons. The maximum atomic E-state index is 6.62. The Labute approximate surface area is 218 Å². The average Bonchev–Trinajstić information content (AvgIpc) is 3.24. The Balaban J connectivity index is 1.55. The molecule has 0 unspecified atom stereocenters. The van der Waals surface area contributed by atoms with Gasteiger partial charge in [0.2, 0.25) is 4.77 Å². The van der Waals surface area contributed by atoms with Crippen molar-refractivity contribution in [3.8, 4) is 28.6 Å². The monoisotopic (exact) mass is 530 g/mol. The minimum Gasteiger partial charge on any atom is -0.496 e. The van der Waals surface area contributed by atoms with Crippen LogP contribution in [0.4, 0.5) is 0 Å². The van der Waals surface area contributed by atoms with Gasteiger partial charge in [0.25, 0.3) is 0 Å². The number of benzene rings is 3. The molecule has 0 fully saturated rings. The number of ether oxygens (including phenoxy) is 3. The van der Waals surface area contributed by atoms with Crippen molar-refractivity contribution in [3.63, 3.8) is 0 Å². The third-order valence-electron chi connectivity index (χ3n) is 5.17. The van der Waals surface area contributed by atoms with E-state index in [2.05, 4.69) is 15.6 Å². The van der Waals surface area contributed by atoms with Crippen LogP contribution in [0.2, 0.25) is 10.0 Å². The second-order valence-electron chi connectivity index (χ2n) is 7.46. The van der Waals surface area contributed by atoms with Gasteiger partial charge in [0, 0.05) is 16.1 Å². The van der Waals surface area contributed by atoms with Gasteiger partial charge in [0.1, 0.15) is 12.4 Å². The molecule has 0 radical (unpaired) electrons. The van der Waals surface area contributed by atoms with Gasteiger partial charge in [-0.1, -0.05) is 47.5 Å². The fraction of sp³-hybridized carbons (Fsp3) is 0.200. The standard InChI is InChI=1S/C25H24Cl2N4O3S/c1-3-33-22-12-17(20(27)13-23(22)34-15-16-8-10-18(26)11-9-16)14-28-31-24(29-30-25(31)35)19-6-4-5-7-21(19)32-2/h4-13,28H,3,14-15H2,1-2H3,(H,30,35). The van der Waals surface area contributed by atoms with Crippen LogP contribution in [0.15, 0.2) is 60.7 Å².